The van der Waals surface area contributed by atoms with Crippen molar-refractivity contribution in [1.82, 2.24) is 0 Å². The normalized spacial score (nSPS) is 56.3. The van der Waals surface area contributed by atoms with E-state index in [1.54, 1.807) is 0 Å². The lowest BCUT2D eigenvalue weighted by molar-refractivity contribution is -0.473. The quantitative estimate of drug-likeness (QED) is 0.0411. The zero-order chi connectivity index (χ0) is 63.3. The lowest BCUT2D eigenvalue weighted by Gasteiger charge is -2.71. The highest BCUT2D eigenvalue weighted by Crippen LogP contribution is 2.75. The van der Waals surface area contributed by atoms with Gasteiger partial charge < -0.3 is 129 Å². The van der Waals surface area contributed by atoms with Crippen LogP contribution in [0.1, 0.15) is 120 Å². The molecule has 0 radical (unpaired) electrons. The Hall–Kier alpha value is -1.79. The maximum atomic E-state index is 14.8. The molecule has 5 heterocycles. The number of rotatable bonds is 11. The van der Waals surface area contributed by atoms with Crippen molar-refractivity contribution in [2.24, 2.45) is 56.7 Å². The van der Waals surface area contributed by atoms with E-state index in [4.69, 9.17) is 42.6 Å². The molecule has 86 heavy (non-hydrogen) atoms. The van der Waals surface area contributed by atoms with Crippen LogP contribution in [0.3, 0.4) is 0 Å². The fraction of sp³-hybridized carbons (Fsp3) is 0.949. The summed E-state index contributed by atoms with van der Waals surface area (Å²) in [5.41, 5.74) is -0.735. The number of ether oxygens (including phenoxy) is 9. The smallest absolute Gasteiger partial charge is 0.357 e. The molecule has 494 valence electrons. The van der Waals surface area contributed by atoms with Crippen molar-refractivity contribution in [1.29, 1.82) is 0 Å². The number of esters is 1. The van der Waals surface area contributed by atoms with Crippen LogP contribution in [0.15, 0.2) is 11.6 Å². The van der Waals surface area contributed by atoms with E-state index in [0.717, 1.165) is 25.7 Å². The first-order chi connectivity index (χ1) is 39.9. The Kier molecular flexibility index (Phi) is 18.2. The highest BCUT2D eigenvalue weighted by atomic mass is 16.9. The molecule has 4 saturated carbocycles. The Morgan fingerprint density at radius 1 is 0.640 bits per heavy atom. The molecule has 9 fully saturated rings. The van der Waals surface area contributed by atoms with Gasteiger partial charge in [-0.2, -0.15) is 0 Å². The maximum absolute atomic E-state index is 14.8. The second kappa shape index (κ2) is 23.3. The molecule has 10 unspecified atom stereocenters. The van der Waals surface area contributed by atoms with E-state index in [-0.39, 0.29) is 39.9 Å². The van der Waals surface area contributed by atoms with Crippen molar-refractivity contribution in [2.75, 3.05) is 19.8 Å². The van der Waals surface area contributed by atoms with Gasteiger partial charge in [0.15, 0.2) is 18.5 Å². The monoisotopic (exact) mass is 1240 g/mol. The fourth-order valence-corrected chi connectivity index (χ4v) is 18.2. The minimum absolute atomic E-state index is 0.0347. The zero-order valence-electron chi connectivity index (χ0n) is 50.3. The summed E-state index contributed by atoms with van der Waals surface area (Å²) in [6.07, 6.45) is -30.2. The van der Waals surface area contributed by atoms with E-state index in [1.165, 1.54) is 19.4 Å². The van der Waals surface area contributed by atoms with E-state index < -0.39 is 195 Å². The minimum Gasteiger partial charge on any atom is -0.405 e. The topological polar surface area (TPSA) is 444 Å². The largest absolute Gasteiger partial charge is 0.405 e. The summed E-state index contributed by atoms with van der Waals surface area (Å²) < 4.78 is 52.4. The SMILES string of the molecule is C[C@H]1OC(O[C@@H]2C(CO)O[C@@](O)(OCC3O[C@@](O)(OC(=O)[C@@H]4CC(C)(C)C[C@H]5C6=CCC7[C@@]8(C)CC[C@H](OC9(C%10OC[C@H](O)[C@@H](O)[C@H]%10O)O[C@H](C)[C@@H](O)[C@H](O)[C@@H]9O)C(C)(C)C8CC[C@@]7(C)[C@]6(C)CCC45)[C@@H](O)C(O)[C@@H]3O)[C@@H](O)C2O)[C@@H](O)[C@@H](O)[C@@H]1O. The zero-order valence-corrected chi connectivity index (χ0v) is 50.3. The standard InChI is InChI=1S/C59H96O27/c1-23-35(62)39(66)43(70)51(80-23)81-45-30(20-60)83-58(76,48(74)44(45)71)79-22-31-38(65)41(68)47(73)59(77,84-31)86-50(75)27-19-52(3,4)18-26-25(27)12-16-55(8)28(26)10-11-33-54(7)15-14-34(53(5,6)32(54)13-17-56(33,55)9)85-57(46(72)40(67)36(63)24(2)82-57)49-42(69)37(64)29(61)21-78-49/h10,23-27,29-49,51,60-74,76-77H,11-22H2,1-9H3/t23-,24-,25?,26-,27-,29+,30?,31?,32?,33?,34+,35-,36-,37-,38-,39+,40+,41?,42-,43+,44?,45-,46+,47+,48+,49?,51?,54+,55-,56-,57?,58+,59-/m1/s1. The predicted octanol–water partition coefficient (Wildman–Crippen LogP) is -3.63. The number of allylic oxidation sites excluding steroid dienone is 2. The Labute approximate surface area is 499 Å². The molecule has 0 amide bonds. The molecule has 0 aromatic rings. The Balaban J connectivity index is 0.839. The van der Waals surface area contributed by atoms with Crippen molar-refractivity contribution in [3.63, 3.8) is 0 Å². The van der Waals surface area contributed by atoms with Gasteiger partial charge in [-0.15, -0.1) is 0 Å². The van der Waals surface area contributed by atoms with Gasteiger partial charge >= 0.3 is 17.9 Å². The second-order valence-electron chi connectivity index (χ2n) is 29.2. The van der Waals surface area contributed by atoms with Crippen molar-refractivity contribution in [3.8, 4) is 0 Å². The number of aliphatic hydroxyl groups excluding tert-OH is 15. The number of aliphatic hydroxyl groups is 17. The van der Waals surface area contributed by atoms with Crippen molar-refractivity contribution < 1.29 is 134 Å². The molecule has 0 bridgehead atoms. The average molecular weight is 1240 g/mol. The summed E-state index contributed by atoms with van der Waals surface area (Å²) in [5.74, 6) is -10.9. The molecule has 5 saturated heterocycles. The van der Waals surface area contributed by atoms with Crippen LogP contribution in [-0.2, 0) is 47.4 Å². The Morgan fingerprint density at radius 2 is 1.28 bits per heavy atom. The average Bonchev–Trinajstić information content (AvgIpc) is 0.690. The van der Waals surface area contributed by atoms with Crippen LogP contribution >= 0.6 is 0 Å². The van der Waals surface area contributed by atoms with Gasteiger partial charge in [0.2, 0.25) is 5.79 Å². The van der Waals surface area contributed by atoms with Crippen LogP contribution in [-0.4, -0.2) is 265 Å². The lowest BCUT2D eigenvalue weighted by atomic mass is 9.34. The van der Waals surface area contributed by atoms with Crippen LogP contribution in [0.4, 0.5) is 0 Å². The third kappa shape index (κ3) is 10.6. The van der Waals surface area contributed by atoms with E-state index in [9.17, 15) is 91.6 Å². The number of hydrogen-bond donors (Lipinski definition) is 17. The van der Waals surface area contributed by atoms with Gasteiger partial charge in [0, 0.05) is 0 Å². The third-order valence-corrected chi connectivity index (χ3v) is 23.3. The maximum Gasteiger partial charge on any atom is 0.357 e. The van der Waals surface area contributed by atoms with Gasteiger partial charge in [-0.05, 0) is 122 Å². The molecule has 0 aromatic heterocycles. The Bertz CT molecular complexity index is 2470. The van der Waals surface area contributed by atoms with E-state index in [1.807, 2.05) is 13.8 Å². The minimum atomic E-state index is -3.32. The summed E-state index contributed by atoms with van der Waals surface area (Å²) in [4.78, 5) is 14.8. The van der Waals surface area contributed by atoms with Crippen molar-refractivity contribution >= 4 is 5.97 Å². The molecule has 0 spiro atoms. The van der Waals surface area contributed by atoms with Gasteiger partial charge in [-0.25, -0.2) is 0 Å². The molecule has 10 aliphatic rings. The van der Waals surface area contributed by atoms with Crippen LogP contribution in [0, 0.1) is 56.7 Å². The van der Waals surface area contributed by atoms with Crippen LogP contribution in [0.25, 0.3) is 0 Å². The number of carbonyl (C=O) groups is 1. The molecule has 33 atom stereocenters. The predicted molar refractivity (Wildman–Crippen MR) is 289 cm³/mol. The highest BCUT2D eigenvalue weighted by molar-refractivity contribution is 5.74. The molecule has 17 N–H and O–H groups in total. The van der Waals surface area contributed by atoms with Crippen molar-refractivity contribution in [3.05, 3.63) is 11.6 Å². The fourth-order valence-electron chi connectivity index (χ4n) is 18.2. The van der Waals surface area contributed by atoms with E-state index >= 15 is 0 Å². The molecule has 0 aromatic carbocycles. The van der Waals surface area contributed by atoms with E-state index in [0.29, 0.717) is 32.1 Å². The molecule has 5 aliphatic heterocycles. The molecular formula is C59H96O27. The molecule has 5 aliphatic carbocycles. The van der Waals surface area contributed by atoms with Gasteiger partial charge in [-0.1, -0.05) is 60.1 Å². The second-order valence-corrected chi connectivity index (χ2v) is 29.2. The summed E-state index contributed by atoms with van der Waals surface area (Å²) >= 11 is 0. The van der Waals surface area contributed by atoms with Crippen LogP contribution in [0.2, 0.25) is 0 Å². The third-order valence-electron chi connectivity index (χ3n) is 23.3. The summed E-state index contributed by atoms with van der Waals surface area (Å²) in [7, 11) is 0. The first kappa shape index (κ1) is 67.1. The van der Waals surface area contributed by atoms with Crippen molar-refractivity contribution in [2.45, 2.75) is 272 Å². The highest BCUT2D eigenvalue weighted by Gasteiger charge is 2.71. The molecule has 10 rings (SSSR count). The first-order valence-corrected chi connectivity index (χ1v) is 30.7. The van der Waals surface area contributed by atoms with Gasteiger partial charge in [0.25, 0.3) is 0 Å². The summed E-state index contributed by atoms with van der Waals surface area (Å²) in [6, 6.07) is 0. The van der Waals surface area contributed by atoms with Gasteiger partial charge in [0.05, 0.1) is 44.1 Å². The molecular weight excluding hydrogens is 1140 g/mol. The number of hydrogen-bond acceptors (Lipinski definition) is 27. The Morgan fingerprint density at radius 3 is 1.95 bits per heavy atom. The summed E-state index contributed by atoms with van der Waals surface area (Å²) in [5, 5.41) is 187. The number of fused-ring (bicyclic) bond motifs is 7. The van der Waals surface area contributed by atoms with Crippen LogP contribution in [0.5, 0.6) is 0 Å². The van der Waals surface area contributed by atoms with Gasteiger partial charge in [0.1, 0.15) is 97.7 Å². The van der Waals surface area contributed by atoms with E-state index in [2.05, 4.69) is 40.7 Å². The van der Waals surface area contributed by atoms with Gasteiger partial charge in [-0.3, -0.25) is 4.79 Å². The first-order valence-electron chi connectivity index (χ1n) is 30.7. The summed E-state index contributed by atoms with van der Waals surface area (Å²) in [6.45, 7) is 15.7. The van der Waals surface area contributed by atoms with Crippen LogP contribution < -0.4 is 0 Å². The molecule has 27 nitrogen and oxygen atoms in total. The lowest BCUT2D eigenvalue weighted by Crippen LogP contribution is -2.75. The molecule has 27 heteroatoms. The number of carbonyl (C=O) groups excluding carboxylic acids is 1.